The second kappa shape index (κ2) is 6.32. The summed E-state index contributed by atoms with van der Waals surface area (Å²) in [5.41, 5.74) is 2.54. The predicted molar refractivity (Wildman–Crippen MR) is 93.4 cm³/mol. The minimum Gasteiger partial charge on any atom is -0.482 e. The Hall–Kier alpha value is -2.88. The maximum atomic E-state index is 12.0. The van der Waals surface area contributed by atoms with Crippen LogP contribution in [-0.2, 0) is 4.79 Å². The molecule has 4 nitrogen and oxygen atoms in total. The number of carbonyl (C=O) groups is 1. The maximum Gasteiger partial charge on any atom is 0.336 e. The highest BCUT2D eigenvalue weighted by Crippen LogP contribution is 2.35. The van der Waals surface area contributed by atoms with E-state index in [0.29, 0.717) is 16.7 Å². The number of hydrogen-bond acceptors (Lipinski definition) is 4. The first-order chi connectivity index (χ1) is 11.5. The van der Waals surface area contributed by atoms with Crippen LogP contribution in [0.5, 0.6) is 5.75 Å². The molecule has 0 aliphatic carbocycles. The number of ketones is 1. The van der Waals surface area contributed by atoms with Crippen LogP contribution in [0.1, 0.15) is 19.4 Å². The summed E-state index contributed by atoms with van der Waals surface area (Å²) < 4.78 is 11.2. The van der Waals surface area contributed by atoms with E-state index in [9.17, 15) is 9.59 Å². The van der Waals surface area contributed by atoms with Gasteiger partial charge in [0.1, 0.15) is 11.3 Å². The minimum absolute atomic E-state index is 0.0664. The smallest absolute Gasteiger partial charge is 0.336 e. The molecule has 2 aromatic carbocycles. The van der Waals surface area contributed by atoms with E-state index in [4.69, 9.17) is 9.15 Å². The summed E-state index contributed by atoms with van der Waals surface area (Å²) in [6, 6.07) is 14.7. The summed E-state index contributed by atoms with van der Waals surface area (Å²) in [6.07, 6.45) is -0.578. The Balaban J connectivity index is 2.31. The molecule has 1 aromatic heterocycles. The first kappa shape index (κ1) is 16.0. The average molecular weight is 322 g/mol. The van der Waals surface area contributed by atoms with Gasteiger partial charge in [-0.1, -0.05) is 30.3 Å². The van der Waals surface area contributed by atoms with Gasteiger partial charge in [-0.2, -0.15) is 0 Å². The van der Waals surface area contributed by atoms with Crippen molar-refractivity contribution in [2.24, 2.45) is 0 Å². The Morgan fingerprint density at radius 3 is 2.50 bits per heavy atom. The highest BCUT2D eigenvalue weighted by molar-refractivity contribution is 5.98. The summed E-state index contributed by atoms with van der Waals surface area (Å²) in [5.74, 6) is 0.471. The number of carbonyl (C=O) groups excluding carboxylic acids is 1. The Bertz CT molecular complexity index is 955. The molecule has 24 heavy (non-hydrogen) atoms. The van der Waals surface area contributed by atoms with Crippen LogP contribution in [0.2, 0.25) is 0 Å². The van der Waals surface area contributed by atoms with Gasteiger partial charge in [-0.25, -0.2) is 4.79 Å². The van der Waals surface area contributed by atoms with Crippen LogP contribution < -0.4 is 10.4 Å². The lowest BCUT2D eigenvalue weighted by Crippen LogP contribution is -2.21. The summed E-state index contributed by atoms with van der Waals surface area (Å²) in [4.78, 5) is 23.5. The molecule has 0 fully saturated rings. The Labute approximate surface area is 139 Å². The fraction of sp³-hybridized carbons (Fsp3) is 0.200. The molecule has 0 aliphatic heterocycles. The quantitative estimate of drug-likeness (QED) is 0.678. The van der Waals surface area contributed by atoms with Gasteiger partial charge in [0.05, 0.1) is 5.39 Å². The number of benzene rings is 2. The molecule has 1 heterocycles. The van der Waals surface area contributed by atoms with Crippen molar-refractivity contribution in [2.75, 3.05) is 0 Å². The number of rotatable bonds is 4. The van der Waals surface area contributed by atoms with E-state index >= 15 is 0 Å². The van der Waals surface area contributed by atoms with E-state index in [2.05, 4.69) is 0 Å². The van der Waals surface area contributed by atoms with E-state index in [0.717, 1.165) is 16.7 Å². The SMILES string of the molecule is CC(=O)C(C)Oc1cc(C)cc2oc(=O)cc(-c3ccccc3)c12. The molecule has 1 unspecified atom stereocenters. The van der Waals surface area contributed by atoms with Crippen LogP contribution in [0, 0.1) is 6.92 Å². The lowest BCUT2D eigenvalue weighted by atomic mass is 10.00. The predicted octanol–water partition coefficient (Wildman–Crippen LogP) is 4.12. The van der Waals surface area contributed by atoms with Gasteiger partial charge in [0.15, 0.2) is 11.9 Å². The van der Waals surface area contributed by atoms with Crippen molar-refractivity contribution in [3.05, 3.63) is 64.5 Å². The molecule has 1 atom stereocenters. The second-order valence-corrected chi connectivity index (χ2v) is 5.85. The Kier molecular flexibility index (Phi) is 4.21. The van der Waals surface area contributed by atoms with Crippen molar-refractivity contribution in [3.8, 4) is 16.9 Å². The first-order valence-electron chi connectivity index (χ1n) is 7.77. The van der Waals surface area contributed by atoms with E-state index in [1.165, 1.54) is 13.0 Å². The van der Waals surface area contributed by atoms with E-state index in [-0.39, 0.29) is 5.78 Å². The van der Waals surface area contributed by atoms with Crippen LogP contribution in [0.25, 0.3) is 22.1 Å². The summed E-state index contributed by atoms with van der Waals surface area (Å²) in [5, 5.41) is 0.694. The van der Waals surface area contributed by atoms with E-state index < -0.39 is 11.7 Å². The number of Topliss-reactive ketones (excluding diaryl/α,β-unsaturated/α-hetero) is 1. The standard InChI is InChI=1S/C20H18O4/c1-12-9-17(23-14(3)13(2)21)20-16(15-7-5-4-6-8-15)11-19(22)24-18(20)10-12/h4-11,14H,1-3H3. The summed E-state index contributed by atoms with van der Waals surface area (Å²) in [7, 11) is 0. The van der Waals surface area contributed by atoms with Gasteiger partial charge in [0.2, 0.25) is 0 Å². The van der Waals surface area contributed by atoms with Crippen molar-refractivity contribution in [3.63, 3.8) is 0 Å². The monoisotopic (exact) mass is 322 g/mol. The fourth-order valence-corrected chi connectivity index (χ4v) is 2.61. The molecule has 3 rings (SSSR count). The first-order valence-corrected chi connectivity index (χ1v) is 7.77. The van der Waals surface area contributed by atoms with Crippen molar-refractivity contribution >= 4 is 16.8 Å². The van der Waals surface area contributed by atoms with Crippen LogP contribution >= 0.6 is 0 Å². The molecular formula is C20H18O4. The van der Waals surface area contributed by atoms with Crippen LogP contribution in [0.15, 0.2) is 57.7 Å². The fourth-order valence-electron chi connectivity index (χ4n) is 2.61. The molecule has 4 heteroatoms. The van der Waals surface area contributed by atoms with Crippen molar-refractivity contribution in [2.45, 2.75) is 26.9 Å². The zero-order chi connectivity index (χ0) is 17.3. The second-order valence-electron chi connectivity index (χ2n) is 5.85. The summed E-state index contributed by atoms with van der Waals surface area (Å²) in [6.45, 7) is 5.08. The van der Waals surface area contributed by atoms with E-state index in [1.54, 1.807) is 13.0 Å². The average Bonchev–Trinajstić information content (AvgIpc) is 2.54. The topological polar surface area (TPSA) is 56.5 Å². The third-order valence-electron chi connectivity index (χ3n) is 3.91. The summed E-state index contributed by atoms with van der Waals surface area (Å²) >= 11 is 0. The number of hydrogen-bond donors (Lipinski definition) is 0. The van der Waals surface area contributed by atoms with Crippen LogP contribution in [0.3, 0.4) is 0 Å². The molecule has 0 amide bonds. The van der Waals surface area contributed by atoms with E-state index in [1.807, 2.05) is 43.3 Å². The zero-order valence-corrected chi connectivity index (χ0v) is 13.8. The molecule has 0 saturated carbocycles. The lowest BCUT2D eigenvalue weighted by Gasteiger charge is -2.16. The van der Waals surface area contributed by atoms with Crippen molar-refractivity contribution in [1.82, 2.24) is 0 Å². The molecular weight excluding hydrogens is 304 g/mol. The third kappa shape index (κ3) is 3.08. The molecule has 0 N–H and O–H groups in total. The van der Waals surface area contributed by atoms with Gasteiger partial charge in [0.25, 0.3) is 0 Å². The maximum absolute atomic E-state index is 12.0. The highest BCUT2D eigenvalue weighted by Gasteiger charge is 2.17. The van der Waals surface area contributed by atoms with Gasteiger partial charge >= 0.3 is 5.63 Å². The van der Waals surface area contributed by atoms with Crippen LogP contribution in [-0.4, -0.2) is 11.9 Å². The van der Waals surface area contributed by atoms with Crippen molar-refractivity contribution < 1.29 is 13.9 Å². The van der Waals surface area contributed by atoms with Gasteiger partial charge in [0, 0.05) is 11.6 Å². The van der Waals surface area contributed by atoms with Gasteiger partial charge in [-0.05, 0) is 44.0 Å². The molecule has 0 aliphatic rings. The number of aryl methyl sites for hydroxylation is 1. The van der Waals surface area contributed by atoms with Crippen molar-refractivity contribution in [1.29, 1.82) is 0 Å². The Morgan fingerprint density at radius 1 is 1.12 bits per heavy atom. The highest BCUT2D eigenvalue weighted by atomic mass is 16.5. The molecule has 0 bridgehead atoms. The van der Waals surface area contributed by atoms with Gasteiger partial charge < -0.3 is 9.15 Å². The van der Waals surface area contributed by atoms with Crippen LogP contribution in [0.4, 0.5) is 0 Å². The van der Waals surface area contributed by atoms with Gasteiger partial charge in [-0.3, -0.25) is 4.79 Å². The minimum atomic E-state index is -0.578. The molecule has 0 saturated heterocycles. The number of ether oxygens (including phenoxy) is 1. The third-order valence-corrected chi connectivity index (χ3v) is 3.91. The van der Waals surface area contributed by atoms with Gasteiger partial charge in [-0.15, -0.1) is 0 Å². The normalized spacial score (nSPS) is 12.1. The zero-order valence-electron chi connectivity index (χ0n) is 13.8. The molecule has 3 aromatic rings. The molecule has 0 spiro atoms. The lowest BCUT2D eigenvalue weighted by molar-refractivity contribution is -0.122. The Morgan fingerprint density at radius 2 is 1.83 bits per heavy atom. The molecule has 0 radical (unpaired) electrons. The number of fused-ring (bicyclic) bond motifs is 1. The molecule has 122 valence electrons. The largest absolute Gasteiger partial charge is 0.482 e.